The van der Waals surface area contributed by atoms with E-state index in [-0.39, 0.29) is 34.7 Å². The summed E-state index contributed by atoms with van der Waals surface area (Å²) in [6, 6.07) is 4.19. The third-order valence-corrected chi connectivity index (χ3v) is 6.21. The zero-order chi connectivity index (χ0) is 19.2. The highest BCUT2D eigenvalue weighted by Crippen LogP contribution is 2.27. The Morgan fingerprint density at radius 1 is 1.26 bits per heavy atom. The van der Waals surface area contributed by atoms with Gasteiger partial charge in [0.15, 0.2) is 0 Å². The molecule has 8 nitrogen and oxygen atoms in total. The third kappa shape index (κ3) is 5.79. The van der Waals surface area contributed by atoms with Crippen molar-refractivity contribution in [1.82, 2.24) is 4.31 Å². The first-order chi connectivity index (χ1) is 12.4. The lowest BCUT2D eigenvalue weighted by Crippen LogP contribution is -2.41. The molecule has 1 aromatic rings. The van der Waals surface area contributed by atoms with Crippen LogP contribution in [0.5, 0.6) is 5.75 Å². The van der Waals surface area contributed by atoms with Gasteiger partial charge in [-0.25, -0.2) is 13.2 Å². The molecule has 1 saturated heterocycles. The first-order valence-electron chi connectivity index (χ1n) is 8.52. The van der Waals surface area contributed by atoms with Gasteiger partial charge < -0.3 is 19.9 Å². The van der Waals surface area contributed by atoms with Crippen molar-refractivity contribution in [2.45, 2.75) is 30.3 Å². The number of carbonyl (C=O) groups excluding carboxylic acids is 1. The fourth-order valence-electron chi connectivity index (χ4n) is 2.84. The Morgan fingerprint density at radius 3 is 2.48 bits per heavy atom. The number of halogens is 1. The predicted octanol–water partition coefficient (Wildman–Crippen LogP) is 1.42. The molecule has 10 heteroatoms. The number of sulfonamides is 1. The number of hydrogen-bond acceptors (Lipinski definition) is 7. The molecule has 1 aromatic carbocycles. The van der Waals surface area contributed by atoms with E-state index in [0.717, 1.165) is 6.42 Å². The van der Waals surface area contributed by atoms with E-state index in [2.05, 4.69) is 0 Å². The van der Waals surface area contributed by atoms with E-state index in [9.17, 15) is 13.2 Å². The summed E-state index contributed by atoms with van der Waals surface area (Å²) in [6.07, 6.45) is 2.10. The zero-order valence-electron chi connectivity index (χ0n) is 15.5. The Kier molecular flexibility index (Phi) is 9.48. The number of nitrogens with zero attached hydrogens (tertiary/aromatic N) is 1. The number of rotatable bonds is 8. The lowest BCUT2D eigenvalue weighted by molar-refractivity contribution is 0.0209. The van der Waals surface area contributed by atoms with Gasteiger partial charge in [0.05, 0.1) is 25.2 Å². The second-order valence-electron chi connectivity index (χ2n) is 5.97. The second-order valence-corrected chi connectivity index (χ2v) is 7.91. The summed E-state index contributed by atoms with van der Waals surface area (Å²) in [6.45, 7) is 1.91. The maximum Gasteiger partial charge on any atom is 0.341 e. The number of benzene rings is 1. The molecule has 27 heavy (non-hydrogen) atoms. The minimum atomic E-state index is -3.71. The minimum Gasteiger partial charge on any atom is -0.496 e. The Balaban J connectivity index is 0.00000364. The third-order valence-electron chi connectivity index (χ3n) is 4.32. The van der Waals surface area contributed by atoms with Crippen LogP contribution in [0.1, 0.15) is 29.6 Å². The number of nitrogens with two attached hydrogens (primary N) is 1. The minimum absolute atomic E-state index is 0. The van der Waals surface area contributed by atoms with E-state index < -0.39 is 16.0 Å². The maximum atomic E-state index is 12.9. The number of esters is 1. The molecule has 1 aliphatic rings. The van der Waals surface area contributed by atoms with Crippen molar-refractivity contribution in [3.8, 4) is 5.75 Å². The van der Waals surface area contributed by atoms with Crippen LogP contribution in [0.3, 0.4) is 0 Å². The lowest BCUT2D eigenvalue weighted by atomic mass is 10.1. The molecule has 0 bridgehead atoms. The molecule has 1 aliphatic heterocycles. The molecule has 0 aromatic heterocycles. The fourth-order valence-corrected chi connectivity index (χ4v) is 4.34. The highest BCUT2D eigenvalue weighted by atomic mass is 35.5. The molecule has 0 saturated carbocycles. The van der Waals surface area contributed by atoms with Gasteiger partial charge in [-0.1, -0.05) is 0 Å². The molecule has 0 aliphatic carbocycles. The molecule has 1 fully saturated rings. The summed E-state index contributed by atoms with van der Waals surface area (Å²) >= 11 is 0. The number of piperidine rings is 1. The molecule has 2 rings (SSSR count). The van der Waals surface area contributed by atoms with Crippen LogP contribution in [0.25, 0.3) is 0 Å². The molecule has 0 radical (unpaired) electrons. The van der Waals surface area contributed by atoms with Crippen molar-refractivity contribution >= 4 is 28.4 Å². The van der Waals surface area contributed by atoms with E-state index in [1.54, 1.807) is 0 Å². The summed E-state index contributed by atoms with van der Waals surface area (Å²) in [5.74, 6) is -0.381. The zero-order valence-corrected chi connectivity index (χ0v) is 17.2. The van der Waals surface area contributed by atoms with Crippen LogP contribution < -0.4 is 10.5 Å². The Labute approximate surface area is 166 Å². The van der Waals surface area contributed by atoms with Crippen LogP contribution in [0, 0.1) is 0 Å². The van der Waals surface area contributed by atoms with Gasteiger partial charge in [0.1, 0.15) is 11.3 Å². The van der Waals surface area contributed by atoms with Crippen LogP contribution in [0.2, 0.25) is 0 Å². The quantitative estimate of drug-likeness (QED) is 0.498. The van der Waals surface area contributed by atoms with Crippen LogP contribution in [0.4, 0.5) is 0 Å². The normalized spacial score (nSPS) is 15.8. The average molecular weight is 423 g/mol. The lowest BCUT2D eigenvalue weighted by Gasteiger charge is -2.31. The van der Waals surface area contributed by atoms with Crippen LogP contribution in [-0.4, -0.2) is 65.3 Å². The van der Waals surface area contributed by atoms with Crippen LogP contribution in [0.15, 0.2) is 23.1 Å². The summed E-state index contributed by atoms with van der Waals surface area (Å²) in [5, 5.41) is 0. The summed E-state index contributed by atoms with van der Waals surface area (Å²) < 4.78 is 42.7. The van der Waals surface area contributed by atoms with Gasteiger partial charge in [0.2, 0.25) is 10.0 Å². The predicted molar refractivity (Wildman–Crippen MR) is 103 cm³/mol. The number of hydrogen-bond donors (Lipinski definition) is 1. The summed E-state index contributed by atoms with van der Waals surface area (Å²) in [7, 11) is -1.06. The SMILES string of the molecule is COC(=O)c1cc(S(=O)(=O)N2CCC(OCCCN)CC2)ccc1OC.Cl. The van der Waals surface area contributed by atoms with Crippen molar-refractivity contribution in [1.29, 1.82) is 0 Å². The molecular weight excluding hydrogens is 396 g/mol. The molecule has 0 amide bonds. The van der Waals surface area contributed by atoms with Crippen LogP contribution >= 0.6 is 12.4 Å². The van der Waals surface area contributed by atoms with Gasteiger partial charge in [0, 0.05) is 19.7 Å². The number of carbonyl (C=O) groups is 1. The highest BCUT2D eigenvalue weighted by Gasteiger charge is 2.30. The van der Waals surface area contributed by atoms with E-state index in [1.165, 1.54) is 36.7 Å². The first-order valence-corrected chi connectivity index (χ1v) is 9.96. The van der Waals surface area contributed by atoms with Gasteiger partial charge in [-0.15, -0.1) is 12.4 Å². The van der Waals surface area contributed by atoms with E-state index in [4.69, 9.17) is 19.9 Å². The Morgan fingerprint density at radius 2 is 1.93 bits per heavy atom. The fraction of sp³-hybridized carbons (Fsp3) is 0.588. The smallest absolute Gasteiger partial charge is 0.341 e. The first kappa shape index (κ1) is 23.6. The topological polar surface area (TPSA) is 108 Å². The van der Waals surface area contributed by atoms with Gasteiger partial charge in [-0.3, -0.25) is 0 Å². The van der Waals surface area contributed by atoms with Gasteiger partial charge >= 0.3 is 5.97 Å². The van der Waals surface area contributed by atoms with E-state index in [0.29, 0.717) is 39.1 Å². The molecule has 0 spiro atoms. The van der Waals surface area contributed by atoms with Crippen molar-refractivity contribution in [3.05, 3.63) is 23.8 Å². The van der Waals surface area contributed by atoms with Crippen molar-refractivity contribution < 1.29 is 27.4 Å². The molecule has 2 N–H and O–H groups in total. The Bertz CT molecular complexity index is 720. The van der Waals surface area contributed by atoms with Crippen molar-refractivity contribution in [2.24, 2.45) is 5.73 Å². The Hall–Kier alpha value is -1.39. The average Bonchev–Trinajstić information content (AvgIpc) is 2.67. The highest BCUT2D eigenvalue weighted by molar-refractivity contribution is 7.89. The van der Waals surface area contributed by atoms with E-state index in [1.807, 2.05) is 0 Å². The molecular formula is C17H27ClN2O6S. The monoisotopic (exact) mass is 422 g/mol. The molecule has 154 valence electrons. The molecule has 0 unspecified atom stereocenters. The van der Waals surface area contributed by atoms with E-state index >= 15 is 0 Å². The summed E-state index contributed by atoms with van der Waals surface area (Å²) in [5.41, 5.74) is 5.52. The second kappa shape index (κ2) is 10.8. The molecule has 1 heterocycles. The van der Waals surface area contributed by atoms with Crippen molar-refractivity contribution in [3.63, 3.8) is 0 Å². The standard InChI is InChI=1S/C17H26N2O6S.ClH/c1-23-16-5-4-14(12-15(16)17(20)24-2)26(21,22)19-9-6-13(7-10-19)25-11-3-8-18;/h4-5,12-13H,3,6-11,18H2,1-2H3;1H. The van der Waals surface area contributed by atoms with Crippen molar-refractivity contribution in [2.75, 3.05) is 40.5 Å². The van der Waals surface area contributed by atoms with Crippen LogP contribution in [-0.2, 0) is 19.5 Å². The molecule has 0 atom stereocenters. The summed E-state index contributed by atoms with van der Waals surface area (Å²) in [4.78, 5) is 11.9. The largest absolute Gasteiger partial charge is 0.496 e. The van der Waals surface area contributed by atoms with Gasteiger partial charge in [-0.05, 0) is 44.0 Å². The van der Waals surface area contributed by atoms with Gasteiger partial charge in [0.25, 0.3) is 0 Å². The number of methoxy groups -OCH3 is 2. The number of ether oxygens (including phenoxy) is 3. The maximum absolute atomic E-state index is 12.9. The van der Waals surface area contributed by atoms with Gasteiger partial charge in [-0.2, -0.15) is 4.31 Å².